The highest BCUT2D eigenvalue weighted by atomic mass is 79.9. The Bertz CT molecular complexity index is 762. The minimum absolute atomic E-state index is 0.116. The van der Waals surface area contributed by atoms with E-state index in [9.17, 15) is 25.1 Å². The zero-order valence-electron chi connectivity index (χ0n) is 13.3. The molecule has 1 amide bonds. The number of nitro benzene ring substituents is 1. The van der Waals surface area contributed by atoms with Crippen LogP contribution >= 0.6 is 15.9 Å². The number of hydrogen-bond donors (Lipinski definition) is 3. The van der Waals surface area contributed by atoms with Gasteiger partial charge >= 0.3 is 0 Å². The first-order chi connectivity index (χ1) is 11.9. The molecule has 0 saturated carbocycles. The van der Waals surface area contributed by atoms with E-state index in [0.29, 0.717) is 16.6 Å². The summed E-state index contributed by atoms with van der Waals surface area (Å²) in [7, 11) is 0. The third kappa shape index (κ3) is 4.41. The molecule has 2 unspecified atom stereocenters. The van der Waals surface area contributed by atoms with Crippen LogP contribution < -0.4 is 5.32 Å². The Morgan fingerprint density at radius 2 is 2.08 bits per heavy atom. The van der Waals surface area contributed by atoms with E-state index in [1.54, 1.807) is 10.9 Å². The van der Waals surface area contributed by atoms with Crippen LogP contribution in [0.3, 0.4) is 0 Å². The number of aromatic nitrogens is 2. The van der Waals surface area contributed by atoms with Crippen molar-refractivity contribution in [2.24, 2.45) is 0 Å². The number of non-ortho nitro benzene ring substituents is 1. The molecule has 2 aromatic rings. The Labute approximate surface area is 151 Å². The van der Waals surface area contributed by atoms with Crippen LogP contribution in [0.1, 0.15) is 29.1 Å². The topological polar surface area (TPSA) is 131 Å². The highest BCUT2D eigenvalue weighted by Crippen LogP contribution is 2.21. The zero-order chi connectivity index (χ0) is 18.6. The van der Waals surface area contributed by atoms with E-state index in [1.807, 2.05) is 6.92 Å². The molecular weight excluding hydrogens is 396 g/mol. The van der Waals surface area contributed by atoms with E-state index in [0.717, 1.165) is 0 Å². The first kappa shape index (κ1) is 19.0. The standard InChI is InChI=1S/C15H17BrN4O5/c1-2-19-7-11(16)13(18-19)15(23)17-12(8-21)14(22)9-3-5-10(6-4-9)20(24)25/h3-7,12,14,21-22H,2,8H2,1H3,(H,17,23). The number of nitro groups is 1. The average molecular weight is 413 g/mol. The van der Waals surface area contributed by atoms with Gasteiger partial charge in [0.2, 0.25) is 0 Å². The number of nitrogens with zero attached hydrogens (tertiary/aromatic N) is 3. The van der Waals surface area contributed by atoms with Crippen molar-refractivity contribution in [2.75, 3.05) is 6.61 Å². The molecule has 0 bridgehead atoms. The van der Waals surface area contributed by atoms with E-state index >= 15 is 0 Å². The lowest BCUT2D eigenvalue weighted by molar-refractivity contribution is -0.384. The monoisotopic (exact) mass is 412 g/mol. The Kier molecular flexibility index (Phi) is 6.23. The number of carbonyl (C=O) groups is 1. The van der Waals surface area contributed by atoms with Gasteiger partial charge in [-0.05, 0) is 40.5 Å². The van der Waals surface area contributed by atoms with Crippen LogP contribution in [0.25, 0.3) is 0 Å². The molecule has 0 spiro atoms. The van der Waals surface area contributed by atoms with Crippen LogP contribution in [0.5, 0.6) is 0 Å². The highest BCUT2D eigenvalue weighted by Gasteiger charge is 2.25. The van der Waals surface area contributed by atoms with Crippen molar-refractivity contribution in [1.29, 1.82) is 0 Å². The summed E-state index contributed by atoms with van der Waals surface area (Å²) >= 11 is 3.24. The number of hydrogen-bond acceptors (Lipinski definition) is 6. The average Bonchev–Trinajstić information content (AvgIpc) is 3.00. The summed E-state index contributed by atoms with van der Waals surface area (Å²) in [6.07, 6.45) is 0.414. The van der Waals surface area contributed by atoms with Crippen LogP contribution in [0.4, 0.5) is 5.69 Å². The van der Waals surface area contributed by atoms with Crippen molar-refractivity contribution < 1.29 is 19.9 Å². The van der Waals surface area contributed by atoms with E-state index in [2.05, 4.69) is 26.3 Å². The Morgan fingerprint density at radius 1 is 1.44 bits per heavy atom. The Hall–Kier alpha value is -2.30. The second-order valence-corrected chi connectivity index (χ2v) is 6.09. The summed E-state index contributed by atoms with van der Waals surface area (Å²) < 4.78 is 2.06. The van der Waals surface area contributed by atoms with Crippen molar-refractivity contribution in [3.8, 4) is 0 Å². The van der Waals surface area contributed by atoms with Crippen molar-refractivity contribution in [2.45, 2.75) is 25.6 Å². The number of aryl methyl sites for hydroxylation is 1. The minimum Gasteiger partial charge on any atom is -0.394 e. The molecule has 0 fully saturated rings. The van der Waals surface area contributed by atoms with Gasteiger partial charge in [-0.3, -0.25) is 19.6 Å². The summed E-state index contributed by atoms with van der Waals surface area (Å²) in [5, 5.41) is 37.1. The van der Waals surface area contributed by atoms with Crippen LogP contribution in [0, 0.1) is 10.1 Å². The number of nitrogens with one attached hydrogen (secondary N) is 1. The van der Waals surface area contributed by atoms with Crippen molar-refractivity contribution >= 4 is 27.5 Å². The molecule has 0 aliphatic heterocycles. The lowest BCUT2D eigenvalue weighted by atomic mass is 10.0. The highest BCUT2D eigenvalue weighted by molar-refractivity contribution is 9.10. The summed E-state index contributed by atoms with van der Waals surface area (Å²) in [5.74, 6) is -0.556. The maximum absolute atomic E-state index is 12.3. The fourth-order valence-corrected chi connectivity index (χ4v) is 2.70. The molecule has 1 heterocycles. The molecule has 25 heavy (non-hydrogen) atoms. The molecule has 2 atom stereocenters. The molecule has 3 N–H and O–H groups in total. The molecule has 1 aromatic carbocycles. The molecule has 2 rings (SSSR count). The van der Waals surface area contributed by atoms with Gasteiger partial charge in [0.15, 0.2) is 5.69 Å². The fourth-order valence-electron chi connectivity index (χ4n) is 2.20. The number of halogens is 1. The van der Waals surface area contributed by atoms with Gasteiger partial charge in [0.05, 0.1) is 22.0 Å². The Morgan fingerprint density at radius 3 is 2.56 bits per heavy atom. The second-order valence-electron chi connectivity index (χ2n) is 5.24. The van der Waals surface area contributed by atoms with Gasteiger partial charge < -0.3 is 15.5 Å². The molecule has 10 heteroatoms. The molecule has 0 radical (unpaired) electrons. The number of aliphatic hydroxyl groups excluding tert-OH is 2. The Balaban J connectivity index is 2.13. The molecule has 1 aromatic heterocycles. The van der Waals surface area contributed by atoms with E-state index in [1.165, 1.54) is 24.3 Å². The number of aliphatic hydroxyl groups is 2. The zero-order valence-corrected chi connectivity index (χ0v) is 14.9. The second kappa shape index (κ2) is 8.19. The molecular formula is C15H17BrN4O5. The summed E-state index contributed by atoms with van der Waals surface area (Å²) in [6.45, 7) is 1.94. The first-order valence-electron chi connectivity index (χ1n) is 7.44. The van der Waals surface area contributed by atoms with Gasteiger partial charge in [-0.15, -0.1) is 0 Å². The lowest BCUT2D eigenvalue weighted by Crippen LogP contribution is -2.42. The fraction of sp³-hybridized carbons (Fsp3) is 0.333. The maximum atomic E-state index is 12.3. The smallest absolute Gasteiger partial charge is 0.273 e. The predicted molar refractivity (Wildman–Crippen MR) is 92.0 cm³/mol. The summed E-state index contributed by atoms with van der Waals surface area (Å²) in [4.78, 5) is 22.4. The molecule has 9 nitrogen and oxygen atoms in total. The summed E-state index contributed by atoms with van der Waals surface area (Å²) in [5.41, 5.74) is 0.355. The normalized spacial score (nSPS) is 13.3. The third-order valence-corrected chi connectivity index (χ3v) is 4.18. The lowest BCUT2D eigenvalue weighted by Gasteiger charge is -2.22. The number of amides is 1. The summed E-state index contributed by atoms with van der Waals surface area (Å²) in [6, 6.07) is 4.24. The quantitative estimate of drug-likeness (QED) is 0.465. The van der Waals surface area contributed by atoms with E-state index in [-0.39, 0.29) is 11.4 Å². The van der Waals surface area contributed by atoms with Gasteiger partial charge in [0.1, 0.15) is 6.10 Å². The van der Waals surface area contributed by atoms with Crippen LogP contribution in [0.2, 0.25) is 0 Å². The molecule has 0 saturated heterocycles. The van der Waals surface area contributed by atoms with Crippen molar-refractivity contribution in [3.05, 3.63) is 56.3 Å². The third-order valence-electron chi connectivity index (χ3n) is 3.60. The van der Waals surface area contributed by atoms with Crippen LogP contribution in [-0.4, -0.2) is 43.5 Å². The SMILES string of the molecule is CCn1cc(Br)c(C(=O)NC(CO)C(O)c2ccc([N+](=O)[O-])cc2)n1. The number of rotatable bonds is 7. The van der Waals surface area contributed by atoms with Crippen LogP contribution in [-0.2, 0) is 6.54 Å². The molecule has 0 aliphatic rings. The van der Waals surface area contributed by atoms with E-state index < -0.39 is 29.6 Å². The van der Waals surface area contributed by atoms with Crippen molar-refractivity contribution in [1.82, 2.24) is 15.1 Å². The maximum Gasteiger partial charge on any atom is 0.273 e. The van der Waals surface area contributed by atoms with E-state index in [4.69, 9.17) is 0 Å². The van der Waals surface area contributed by atoms with Gasteiger partial charge in [-0.1, -0.05) is 0 Å². The van der Waals surface area contributed by atoms with Crippen molar-refractivity contribution in [3.63, 3.8) is 0 Å². The first-order valence-corrected chi connectivity index (χ1v) is 8.23. The van der Waals surface area contributed by atoms with Gasteiger partial charge in [0.25, 0.3) is 11.6 Å². The largest absolute Gasteiger partial charge is 0.394 e. The van der Waals surface area contributed by atoms with Gasteiger partial charge in [-0.25, -0.2) is 0 Å². The number of carbonyl (C=O) groups excluding carboxylic acids is 1. The molecule has 0 aliphatic carbocycles. The molecule has 134 valence electrons. The predicted octanol–water partition coefficient (Wildman–Crippen LogP) is 1.40. The van der Waals surface area contributed by atoms with Gasteiger partial charge in [0, 0.05) is 24.9 Å². The number of benzene rings is 1. The van der Waals surface area contributed by atoms with Crippen LogP contribution in [0.15, 0.2) is 34.9 Å². The minimum atomic E-state index is -1.23. The van der Waals surface area contributed by atoms with Gasteiger partial charge in [-0.2, -0.15) is 5.10 Å².